The van der Waals surface area contributed by atoms with E-state index in [2.05, 4.69) is 59.9 Å². The Kier molecular flexibility index (Phi) is 7.10. The first-order valence-corrected chi connectivity index (χ1v) is 11.4. The van der Waals surface area contributed by atoms with E-state index in [1.165, 1.54) is 0 Å². The first-order valence-electron chi connectivity index (χ1n) is 10.6. The van der Waals surface area contributed by atoms with Crippen molar-refractivity contribution < 1.29 is 9.53 Å². The maximum Gasteiger partial charge on any atom is 0.266 e. The van der Waals surface area contributed by atoms with Gasteiger partial charge in [0.25, 0.3) is 5.91 Å². The lowest BCUT2D eigenvalue weighted by atomic mass is 9.87. The van der Waals surface area contributed by atoms with Gasteiger partial charge in [0.1, 0.15) is 17.4 Å². The fraction of sp³-hybridized carbons (Fsp3) is 0.308. The van der Waals surface area contributed by atoms with E-state index >= 15 is 0 Å². The highest BCUT2D eigenvalue weighted by Crippen LogP contribution is 2.42. The Morgan fingerprint density at radius 1 is 1.31 bits per heavy atom. The van der Waals surface area contributed by atoms with E-state index in [0.29, 0.717) is 17.0 Å². The van der Waals surface area contributed by atoms with Gasteiger partial charge in [-0.2, -0.15) is 5.26 Å². The summed E-state index contributed by atoms with van der Waals surface area (Å²) in [6.45, 7) is 9.58. The zero-order chi connectivity index (χ0) is 23.5. The van der Waals surface area contributed by atoms with Crippen molar-refractivity contribution in [3.05, 3.63) is 63.6 Å². The van der Waals surface area contributed by atoms with Gasteiger partial charge in [-0.25, -0.2) is 0 Å². The number of hydrogen-bond acceptors (Lipinski definition) is 4. The van der Waals surface area contributed by atoms with Gasteiger partial charge in [0.2, 0.25) is 0 Å². The summed E-state index contributed by atoms with van der Waals surface area (Å²) in [6, 6.07) is 13.3. The summed E-state index contributed by atoms with van der Waals surface area (Å²) in [5, 5.41) is 12.5. The predicted octanol–water partition coefficient (Wildman–Crippen LogP) is 6.42. The van der Waals surface area contributed by atoms with Crippen LogP contribution >= 0.6 is 15.9 Å². The number of ether oxygens (including phenoxy) is 1. The van der Waals surface area contributed by atoms with Crippen molar-refractivity contribution in [3.8, 4) is 11.8 Å². The molecule has 5 nitrogen and oxygen atoms in total. The van der Waals surface area contributed by atoms with Crippen LogP contribution in [0, 0.1) is 11.3 Å². The van der Waals surface area contributed by atoms with E-state index in [4.69, 9.17) is 4.74 Å². The normalized spacial score (nSPS) is 14.8. The van der Waals surface area contributed by atoms with Gasteiger partial charge in [0, 0.05) is 39.6 Å². The third-order valence-corrected chi connectivity index (χ3v) is 6.02. The second kappa shape index (κ2) is 9.62. The topological polar surface area (TPSA) is 65.4 Å². The largest absolute Gasteiger partial charge is 0.496 e. The van der Waals surface area contributed by atoms with Crippen molar-refractivity contribution in [1.82, 2.24) is 0 Å². The SMILES string of the molecule is CCCN1c2cc(OC)c(/C=C(\C#N)C(=O)Nc3cccc(Br)c3)cc2C(C)=CC1(C)C. The summed E-state index contributed by atoms with van der Waals surface area (Å²) >= 11 is 3.39. The number of halogens is 1. The maximum atomic E-state index is 12.8. The average molecular weight is 494 g/mol. The summed E-state index contributed by atoms with van der Waals surface area (Å²) in [5.41, 5.74) is 4.53. The number of benzene rings is 2. The Hall–Kier alpha value is -3.04. The highest BCUT2D eigenvalue weighted by atomic mass is 79.9. The quantitative estimate of drug-likeness (QED) is 0.372. The van der Waals surface area contributed by atoms with Crippen molar-refractivity contribution in [2.75, 3.05) is 23.9 Å². The molecular formula is C26H28BrN3O2. The molecule has 1 aliphatic heterocycles. The molecule has 2 aromatic carbocycles. The number of nitriles is 1. The molecule has 0 unspecified atom stereocenters. The molecule has 0 radical (unpaired) electrons. The van der Waals surface area contributed by atoms with E-state index in [9.17, 15) is 10.1 Å². The number of anilines is 2. The Balaban J connectivity index is 2.04. The first kappa shape index (κ1) is 23.6. The molecule has 1 amide bonds. The average Bonchev–Trinajstić information content (AvgIpc) is 2.74. The number of nitrogens with one attached hydrogen (secondary N) is 1. The minimum atomic E-state index is -0.466. The van der Waals surface area contributed by atoms with Crippen molar-refractivity contribution in [2.24, 2.45) is 0 Å². The van der Waals surface area contributed by atoms with Crippen LogP contribution in [0.4, 0.5) is 11.4 Å². The molecule has 0 aliphatic carbocycles. The Morgan fingerprint density at radius 2 is 2.06 bits per heavy atom. The minimum absolute atomic E-state index is 0.00594. The van der Waals surface area contributed by atoms with Crippen LogP contribution in [0.25, 0.3) is 11.6 Å². The van der Waals surface area contributed by atoms with Gasteiger partial charge >= 0.3 is 0 Å². The lowest BCUT2D eigenvalue weighted by Crippen LogP contribution is -2.45. The van der Waals surface area contributed by atoms with Crippen molar-refractivity contribution in [3.63, 3.8) is 0 Å². The van der Waals surface area contributed by atoms with Crippen LogP contribution in [0.1, 0.15) is 45.2 Å². The van der Waals surface area contributed by atoms with Gasteiger partial charge in [-0.1, -0.05) is 35.0 Å². The molecule has 0 saturated carbocycles. The van der Waals surface area contributed by atoms with Gasteiger partial charge in [-0.3, -0.25) is 4.79 Å². The van der Waals surface area contributed by atoms with Crippen molar-refractivity contribution in [1.29, 1.82) is 5.26 Å². The standard InChI is InChI=1S/C26H28BrN3O2/c1-6-10-30-23-14-24(32-5)18(12-22(23)17(2)15-26(30,3)4)11-19(16-28)25(31)29-21-9-7-8-20(27)13-21/h7-9,11-15H,6,10H2,1-5H3,(H,29,31)/b19-11+. The van der Waals surface area contributed by atoms with Gasteiger partial charge in [0.15, 0.2) is 0 Å². The summed E-state index contributed by atoms with van der Waals surface area (Å²) in [4.78, 5) is 15.1. The van der Waals surface area contributed by atoms with Gasteiger partial charge < -0.3 is 15.0 Å². The molecule has 1 N–H and O–H groups in total. The Bertz CT molecular complexity index is 1140. The molecule has 0 bridgehead atoms. The first-order chi connectivity index (χ1) is 15.2. The number of carbonyl (C=O) groups is 1. The molecule has 0 saturated heterocycles. The molecule has 0 fully saturated rings. The van der Waals surface area contributed by atoms with E-state index in [1.807, 2.05) is 30.3 Å². The van der Waals surface area contributed by atoms with Crippen LogP contribution in [-0.2, 0) is 4.79 Å². The monoisotopic (exact) mass is 493 g/mol. The number of rotatable bonds is 6. The number of nitrogens with zero attached hydrogens (tertiary/aromatic N) is 2. The zero-order valence-electron chi connectivity index (χ0n) is 19.1. The summed E-state index contributed by atoms with van der Waals surface area (Å²) in [7, 11) is 1.60. The van der Waals surface area contributed by atoms with Gasteiger partial charge in [-0.05, 0) is 63.1 Å². The van der Waals surface area contributed by atoms with E-state index in [1.54, 1.807) is 25.3 Å². The third-order valence-electron chi connectivity index (χ3n) is 5.52. The molecule has 2 aromatic rings. The van der Waals surface area contributed by atoms with Crippen LogP contribution in [-0.4, -0.2) is 25.1 Å². The Morgan fingerprint density at radius 3 is 2.69 bits per heavy atom. The van der Waals surface area contributed by atoms with Crippen molar-refractivity contribution >= 4 is 44.9 Å². The molecule has 0 spiro atoms. The third kappa shape index (κ3) is 4.89. The molecule has 166 valence electrons. The van der Waals surface area contributed by atoms with Crippen molar-refractivity contribution in [2.45, 2.75) is 39.7 Å². The lowest BCUT2D eigenvalue weighted by Gasteiger charge is -2.43. The highest BCUT2D eigenvalue weighted by molar-refractivity contribution is 9.10. The minimum Gasteiger partial charge on any atom is -0.496 e. The molecule has 1 heterocycles. The molecule has 1 aliphatic rings. The fourth-order valence-corrected chi connectivity index (χ4v) is 4.51. The molecule has 3 rings (SSSR count). The highest BCUT2D eigenvalue weighted by Gasteiger charge is 2.31. The summed E-state index contributed by atoms with van der Waals surface area (Å²) < 4.78 is 6.51. The summed E-state index contributed by atoms with van der Waals surface area (Å²) in [5.74, 6) is 0.157. The summed E-state index contributed by atoms with van der Waals surface area (Å²) in [6.07, 6.45) is 4.87. The van der Waals surface area contributed by atoms with Crippen LogP contribution in [0.15, 0.2) is 52.5 Å². The van der Waals surface area contributed by atoms with E-state index < -0.39 is 5.91 Å². The molecule has 6 heteroatoms. The number of carbonyl (C=O) groups excluding carboxylic acids is 1. The van der Waals surface area contributed by atoms with Crippen LogP contribution in [0.2, 0.25) is 0 Å². The number of allylic oxidation sites excluding steroid dienone is 1. The number of hydrogen-bond donors (Lipinski definition) is 1. The van der Waals surface area contributed by atoms with E-state index in [0.717, 1.165) is 34.3 Å². The van der Waals surface area contributed by atoms with Gasteiger partial charge in [0.05, 0.1) is 12.6 Å². The number of amides is 1. The fourth-order valence-electron chi connectivity index (χ4n) is 4.11. The Labute approximate surface area is 198 Å². The predicted molar refractivity (Wildman–Crippen MR) is 135 cm³/mol. The van der Waals surface area contributed by atoms with Gasteiger partial charge in [-0.15, -0.1) is 0 Å². The molecular weight excluding hydrogens is 466 g/mol. The molecule has 32 heavy (non-hydrogen) atoms. The van der Waals surface area contributed by atoms with Crippen LogP contribution < -0.4 is 15.0 Å². The number of methoxy groups -OCH3 is 1. The molecule has 0 aromatic heterocycles. The van der Waals surface area contributed by atoms with Crippen LogP contribution in [0.3, 0.4) is 0 Å². The number of fused-ring (bicyclic) bond motifs is 1. The maximum absolute atomic E-state index is 12.8. The lowest BCUT2D eigenvalue weighted by molar-refractivity contribution is -0.112. The molecule has 0 atom stereocenters. The zero-order valence-corrected chi connectivity index (χ0v) is 20.7. The second-order valence-corrected chi connectivity index (χ2v) is 9.29. The second-order valence-electron chi connectivity index (χ2n) is 8.38. The van der Waals surface area contributed by atoms with E-state index in [-0.39, 0.29) is 11.1 Å². The van der Waals surface area contributed by atoms with Crippen LogP contribution in [0.5, 0.6) is 5.75 Å². The smallest absolute Gasteiger partial charge is 0.266 e.